The molecule has 1 aromatic heterocycles. The Morgan fingerprint density at radius 3 is 2.58 bits per heavy atom. The van der Waals surface area contributed by atoms with Crippen LogP contribution >= 0.6 is 23.4 Å². The van der Waals surface area contributed by atoms with Crippen LogP contribution in [0.5, 0.6) is 5.75 Å². The summed E-state index contributed by atoms with van der Waals surface area (Å²) in [5.74, 6) is 2.24. The van der Waals surface area contributed by atoms with Gasteiger partial charge in [-0.3, -0.25) is 0 Å². The third-order valence-electron chi connectivity index (χ3n) is 2.91. The minimum absolute atomic E-state index is 0.508. The van der Waals surface area contributed by atoms with Crippen LogP contribution in [0.2, 0.25) is 5.15 Å². The highest BCUT2D eigenvalue weighted by Crippen LogP contribution is 2.39. The molecule has 98 valence electrons. The number of benzene rings is 1. The lowest BCUT2D eigenvalue weighted by Gasteiger charge is -2.05. The predicted molar refractivity (Wildman–Crippen MR) is 76.1 cm³/mol. The molecule has 0 aliphatic heterocycles. The average Bonchev–Trinajstić information content (AvgIpc) is 3.23. The Hall–Kier alpha value is -1.26. The van der Waals surface area contributed by atoms with Crippen molar-refractivity contribution in [1.82, 2.24) is 9.97 Å². The van der Waals surface area contributed by atoms with Gasteiger partial charge < -0.3 is 4.74 Å². The molecule has 0 unspecified atom stereocenters. The third-order valence-corrected chi connectivity index (χ3v) is 4.03. The smallest absolute Gasteiger partial charge is 0.134 e. The average molecular weight is 293 g/mol. The summed E-state index contributed by atoms with van der Waals surface area (Å²) in [4.78, 5) is 9.96. The van der Waals surface area contributed by atoms with Crippen molar-refractivity contribution in [2.24, 2.45) is 0 Å². The Morgan fingerprint density at radius 2 is 1.95 bits per heavy atom. The molecule has 0 N–H and O–H groups in total. The Labute approximate surface area is 121 Å². The maximum atomic E-state index is 6.05. The van der Waals surface area contributed by atoms with Crippen LogP contribution in [0.1, 0.15) is 24.6 Å². The van der Waals surface area contributed by atoms with Gasteiger partial charge in [0.05, 0.1) is 7.11 Å². The van der Waals surface area contributed by atoms with Crippen LogP contribution in [0, 0.1) is 0 Å². The fraction of sp³-hybridized carbons (Fsp3) is 0.286. The largest absolute Gasteiger partial charge is 0.497 e. The van der Waals surface area contributed by atoms with E-state index in [1.54, 1.807) is 18.9 Å². The maximum Gasteiger partial charge on any atom is 0.134 e. The number of halogens is 1. The van der Waals surface area contributed by atoms with Crippen molar-refractivity contribution in [2.45, 2.75) is 28.7 Å². The first-order valence-electron chi connectivity index (χ1n) is 6.11. The van der Waals surface area contributed by atoms with Gasteiger partial charge in [-0.05, 0) is 37.1 Å². The summed E-state index contributed by atoms with van der Waals surface area (Å²) < 4.78 is 5.14. The van der Waals surface area contributed by atoms with E-state index in [1.807, 2.05) is 30.3 Å². The first-order chi connectivity index (χ1) is 9.24. The molecule has 1 aliphatic rings. The van der Waals surface area contributed by atoms with Gasteiger partial charge in [-0.2, -0.15) is 0 Å². The fourth-order valence-corrected chi connectivity index (χ4v) is 2.83. The topological polar surface area (TPSA) is 35.0 Å². The number of nitrogens with zero attached hydrogens (tertiary/aromatic N) is 2. The minimum Gasteiger partial charge on any atom is -0.497 e. The highest BCUT2D eigenvalue weighted by molar-refractivity contribution is 7.99. The molecule has 0 atom stereocenters. The van der Waals surface area contributed by atoms with Crippen LogP contribution in [0.3, 0.4) is 0 Å². The summed E-state index contributed by atoms with van der Waals surface area (Å²) in [6, 6.07) is 9.70. The summed E-state index contributed by atoms with van der Waals surface area (Å²) in [5.41, 5.74) is 0. The molecule has 3 rings (SSSR count). The van der Waals surface area contributed by atoms with E-state index in [2.05, 4.69) is 9.97 Å². The Kier molecular flexibility index (Phi) is 3.62. The molecular formula is C14H13ClN2OS. The van der Waals surface area contributed by atoms with E-state index in [4.69, 9.17) is 16.3 Å². The van der Waals surface area contributed by atoms with E-state index in [9.17, 15) is 0 Å². The lowest BCUT2D eigenvalue weighted by Crippen LogP contribution is -1.94. The van der Waals surface area contributed by atoms with E-state index in [0.717, 1.165) is 21.5 Å². The van der Waals surface area contributed by atoms with Gasteiger partial charge in [-0.25, -0.2) is 9.97 Å². The monoisotopic (exact) mass is 292 g/mol. The number of methoxy groups -OCH3 is 1. The molecule has 1 heterocycles. The molecular weight excluding hydrogens is 280 g/mol. The normalized spacial score (nSPS) is 14.4. The van der Waals surface area contributed by atoms with Gasteiger partial charge in [0, 0.05) is 16.9 Å². The van der Waals surface area contributed by atoms with Crippen molar-refractivity contribution in [1.29, 1.82) is 0 Å². The van der Waals surface area contributed by atoms with Crippen LogP contribution in [0.25, 0.3) is 0 Å². The van der Waals surface area contributed by atoms with Gasteiger partial charge in [0.15, 0.2) is 0 Å². The molecule has 19 heavy (non-hydrogen) atoms. The third kappa shape index (κ3) is 3.19. The van der Waals surface area contributed by atoms with Gasteiger partial charge in [-0.1, -0.05) is 23.4 Å². The number of rotatable bonds is 4. The van der Waals surface area contributed by atoms with Gasteiger partial charge >= 0.3 is 0 Å². The Bertz CT molecular complexity index is 584. The van der Waals surface area contributed by atoms with Crippen molar-refractivity contribution in [3.63, 3.8) is 0 Å². The zero-order chi connectivity index (χ0) is 13.2. The van der Waals surface area contributed by atoms with Gasteiger partial charge in [-0.15, -0.1) is 0 Å². The van der Waals surface area contributed by atoms with E-state index >= 15 is 0 Å². The van der Waals surface area contributed by atoms with E-state index in [1.165, 1.54) is 12.8 Å². The van der Waals surface area contributed by atoms with Crippen LogP contribution in [-0.4, -0.2) is 17.1 Å². The zero-order valence-electron chi connectivity index (χ0n) is 10.5. The van der Waals surface area contributed by atoms with Crippen molar-refractivity contribution >= 4 is 23.4 Å². The molecule has 0 spiro atoms. The standard InChI is InChI=1S/C14H13ClN2OS/c1-18-10-4-6-11(7-5-10)19-13-8-12(15)16-14(17-13)9-2-3-9/h4-9H,2-3H2,1H3. The molecule has 0 bridgehead atoms. The van der Waals surface area contributed by atoms with Crippen LogP contribution < -0.4 is 4.74 Å². The van der Waals surface area contributed by atoms with Crippen LogP contribution in [-0.2, 0) is 0 Å². The van der Waals surface area contributed by atoms with Crippen molar-refractivity contribution < 1.29 is 4.74 Å². The maximum absolute atomic E-state index is 6.05. The first kappa shape index (κ1) is 12.8. The van der Waals surface area contributed by atoms with Crippen LogP contribution in [0.15, 0.2) is 40.3 Å². The zero-order valence-corrected chi connectivity index (χ0v) is 12.0. The molecule has 1 aromatic carbocycles. The molecule has 1 aliphatic carbocycles. The molecule has 0 radical (unpaired) electrons. The lowest BCUT2D eigenvalue weighted by atomic mass is 10.3. The van der Waals surface area contributed by atoms with Crippen molar-refractivity contribution in [3.8, 4) is 5.75 Å². The first-order valence-corrected chi connectivity index (χ1v) is 7.30. The van der Waals surface area contributed by atoms with Crippen molar-refractivity contribution in [2.75, 3.05) is 7.11 Å². The van der Waals surface area contributed by atoms with E-state index in [0.29, 0.717) is 11.1 Å². The Morgan fingerprint density at radius 1 is 1.21 bits per heavy atom. The van der Waals surface area contributed by atoms with Crippen molar-refractivity contribution in [3.05, 3.63) is 41.3 Å². The highest BCUT2D eigenvalue weighted by Gasteiger charge is 2.27. The summed E-state index contributed by atoms with van der Waals surface area (Å²) in [5, 5.41) is 1.42. The van der Waals surface area contributed by atoms with Gasteiger partial charge in [0.2, 0.25) is 0 Å². The Balaban J connectivity index is 1.81. The molecule has 3 nitrogen and oxygen atoms in total. The lowest BCUT2D eigenvalue weighted by molar-refractivity contribution is 0.414. The molecule has 1 fully saturated rings. The summed E-state index contributed by atoms with van der Waals surface area (Å²) in [6.07, 6.45) is 2.35. The summed E-state index contributed by atoms with van der Waals surface area (Å²) >= 11 is 7.64. The van der Waals surface area contributed by atoms with Gasteiger partial charge in [0.25, 0.3) is 0 Å². The number of hydrogen-bond donors (Lipinski definition) is 0. The summed E-state index contributed by atoms with van der Waals surface area (Å²) in [7, 11) is 1.66. The number of aromatic nitrogens is 2. The summed E-state index contributed by atoms with van der Waals surface area (Å²) in [6.45, 7) is 0. The van der Waals surface area contributed by atoms with Crippen LogP contribution in [0.4, 0.5) is 0 Å². The minimum atomic E-state index is 0.508. The molecule has 5 heteroatoms. The van der Waals surface area contributed by atoms with E-state index in [-0.39, 0.29) is 0 Å². The number of ether oxygens (including phenoxy) is 1. The highest BCUT2D eigenvalue weighted by atomic mass is 35.5. The fourth-order valence-electron chi connectivity index (χ4n) is 1.75. The molecule has 0 amide bonds. The molecule has 2 aromatic rings. The SMILES string of the molecule is COc1ccc(Sc2cc(Cl)nc(C3CC3)n2)cc1. The molecule has 1 saturated carbocycles. The predicted octanol–water partition coefficient (Wildman–Crippen LogP) is 4.17. The molecule has 0 saturated heterocycles. The van der Waals surface area contributed by atoms with E-state index < -0.39 is 0 Å². The second-order valence-corrected chi connectivity index (χ2v) is 5.92. The quantitative estimate of drug-likeness (QED) is 0.792. The second-order valence-electron chi connectivity index (χ2n) is 4.44. The van der Waals surface area contributed by atoms with Gasteiger partial charge in [0.1, 0.15) is 21.8 Å². The number of hydrogen-bond acceptors (Lipinski definition) is 4. The second kappa shape index (κ2) is 5.39.